The number of amides is 2. The smallest absolute Gasteiger partial charge is 0.260 e. The van der Waals surface area contributed by atoms with Crippen molar-refractivity contribution in [2.24, 2.45) is 0 Å². The Kier molecular flexibility index (Phi) is 6.07. The van der Waals surface area contributed by atoms with Gasteiger partial charge in [-0.15, -0.1) is 0 Å². The van der Waals surface area contributed by atoms with Crippen molar-refractivity contribution < 1.29 is 14.3 Å². The molecule has 2 saturated heterocycles. The van der Waals surface area contributed by atoms with Crippen LogP contribution in [-0.2, 0) is 4.79 Å². The highest BCUT2D eigenvalue weighted by Crippen LogP contribution is 2.29. The number of pyridine rings is 1. The average Bonchev–Trinajstić information content (AvgIpc) is 3.28. The predicted molar refractivity (Wildman–Crippen MR) is 107 cm³/mol. The summed E-state index contributed by atoms with van der Waals surface area (Å²) >= 11 is 0. The Labute approximate surface area is 170 Å². The van der Waals surface area contributed by atoms with Crippen molar-refractivity contribution in [3.05, 3.63) is 41.9 Å². The summed E-state index contributed by atoms with van der Waals surface area (Å²) in [4.78, 5) is 33.4. The van der Waals surface area contributed by atoms with Crippen LogP contribution in [0, 0.1) is 0 Å². The van der Waals surface area contributed by atoms with Gasteiger partial charge in [0.15, 0.2) is 6.61 Å². The second-order valence-corrected chi connectivity index (χ2v) is 7.69. The molecule has 2 aliphatic heterocycles. The van der Waals surface area contributed by atoms with Crippen molar-refractivity contribution in [2.75, 3.05) is 32.8 Å². The van der Waals surface area contributed by atoms with E-state index in [2.05, 4.69) is 15.2 Å². The van der Waals surface area contributed by atoms with Crippen molar-refractivity contribution in [1.29, 1.82) is 0 Å². The fraction of sp³-hybridized carbons (Fsp3) is 0.524. The first-order valence-corrected chi connectivity index (χ1v) is 10.4. The van der Waals surface area contributed by atoms with E-state index < -0.39 is 0 Å². The summed E-state index contributed by atoms with van der Waals surface area (Å²) in [5.41, 5.74) is 1.50. The number of H-pyrrole nitrogens is 1. The van der Waals surface area contributed by atoms with E-state index in [1.807, 2.05) is 15.9 Å². The molecule has 0 bridgehead atoms. The molecule has 4 heterocycles. The minimum Gasteiger partial charge on any atom is -0.468 e. The van der Waals surface area contributed by atoms with Crippen LogP contribution in [0.2, 0.25) is 0 Å². The molecular formula is C21H27N5O3. The lowest BCUT2D eigenvalue weighted by molar-refractivity contribution is -0.134. The van der Waals surface area contributed by atoms with Crippen molar-refractivity contribution in [1.82, 2.24) is 25.0 Å². The van der Waals surface area contributed by atoms with E-state index in [9.17, 15) is 9.59 Å². The number of aromatic nitrogens is 3. The van der Waals surface area contributed by atoms with E-state index in [1.54, 1.807) is 24.5 Å². The maximum atomic E-state index is 13.0. The number of piperidine rings is 2. The third-order valence-electron chi connectivity index (χ3n) is 5.71. The lowest BCUT2D eigenvalue weighted by atomic mass is 9.92. The van der Waals surface area contributed by atoms with E-state index in [0.717, 1.165) is 44.5 Å². The topological polar surface area (TPSA) is 91.4 Å². The summed E-state index contributed by atoms with van der Waals surface area (Å²) in [5, 5.41) is 7.19. The molecule has 8 heteroatoms. The van der Waals surface area contributed by atoms with Gasteiger partial charge in [-0.3, -0.25) is 14.7 Å². The van der Waals surface area contributed by atoms with Crippen molar-refractivity contribution >= 4 is 11.8 Å². The van der Waals surface area contributed by atoms with E-state index in [0.29, 0.717) is 24.5 Å². The van der Waals surface area contributed by atoms with E-state index in [4.69, 9.17) is 4.74 Å². The first kappa shape index (κ1) is 19.4. The molecule has 2 amide bonds. The molecule has 0 unspecified atom stereocenters. The van der Waals surface area contributed by atoms with E-state index >= 15 is 0 Å². The van der Waals surface area contributed by atoms with Crippen LogP contribution in [0.3, 0.4) is 0 Å². The molecule has 0 saturated carbocycles. The summed E-state index contributed by atoms with van der Waals surface area (Å²) in [6.07, 6.45) is 8.38. The normalized spacial score (nSPS) is 19.8. The lowest BCUT2D eigenvalue weighted by Gasteiger charge is -2.33. The molecule has 1 atom stereocenters. The maximum Gasteiger partial charge on any atom is 0.260 e. The van der Waals surface area contributed by atoms with Crippen LogP contribution in [0.25, 0.3) is 0 Å². The zero-order chi connectivity index (χ0) is 20.1. The fourth-order valence-corrected chi connectivity index (χ4v) is 4.14. The summed E-state index contributed by atoms with van der Waals surface area (Å²) in [6, 6.07) is 5.36. The largest absolute Gasteiger partial charge is 0.468 e. The minimum absolute atomic E-state index is 0.0354. The number of ether oxygens (including phenoxy) is 1. The molecule has 0 spiro atoms. The maximum absolute atomic E-state index is 13.0. The Morgan fingerprint density at radius 3 is 2.72 bits per heavy atom. The second-order valence-electron chi connectivity index (χ2n) is 7.69. The zero-order valence-corrected chi connectivity index (χ0v) is 16.5. The summed E-state index contributed by atoms with van der Waals surface area (Å²) in [6.45, 7) is 2.84. The Morgan fingerprint density at radius 2 is 1.93 bits per heavy atom. The molecule has 0 aromatic carbocycles. The number of hydrogen-bond acceptors (Lipinski definition) is 5. The molecule has 4 rings (SSSR count). The molecule has 2 aromatic heterocycles. The third kappa shape index (κ3) is 4.58. The fourth-order valence-electron chi connectivity index (χ4n) is 4.14. The number of rotatable bonds is 5. The van der Waals surface area contributed by atoms with Crippen LogP contribution in [0.15, 0.2) is 30.6 Å². The monoisotopic (exact) mass is 397 g/mol. The number of likely N-dealkylation sites (tertiary alicyclic amines) is 2. The number of carbonyl (C=O) groups excluding carboxylic acids is 2. The number of carbonyl (C=O) groups is 2. The van der Waals surface area contributed by atoms with Gasteiger partial charge in [-0.1, -0.05) is 6.07 Å². The zero-order valence-electron chi connectivity index (χ0n) is 16.5. The molecule has 2 fully saturated rings. The van der Waals surface area contributed by atoms with Gasteiger partial charge in [-0.25, -0.2) is 4.98 Å². The van der Waals surface area contributed by atoms with Gasteiger partial charge in [0.05, 0.1) is 17.5 Å². The van der Waals surface area contributed by atoms with Crippen LogP contribution in [0.1, 0.15) is 54.1 Å². The summed E-state index contributed by atoms with van der Waals surface area (Å²) < 4.78 is 5.50. The SMILES string of the molecule is O=C(COc1ccccn1)N1CCC[C@H](c2[nH]ncc2C(=O)N2CCCCC2)C1. The van der Waals surface area contributed by atoms with Crippen molar-refractivity contribution in [3.63, 3.8) is 0 Å². The minimum atomic E-state index is -0.0659. The molecule has 2 aromatic rings. The Morgan fingerprint density at radius 1 is 1.10 bits per heavy atom. The number of nitrogens with one attached hydrogen (secondary N) is 1. The Hall–Kier alpha value is -2.90. The van der Waals surface area contributed by atoms with Crippen LogP contribution in [-0.4, -0.2) is 69.6 Å². The molecule has 29 heavy (non-hydrogen) atoms. The van der Waals surface area contributed by atoms with Gasteiger partial charge in [0.1, 0.15) is 0 Å². The van der Waals surface area contributed by atoms with Crippen LogP contribution < -0.4 is 4.74 Å². The average molecular weight is 397 g/mol. The van der Waals surface area contributed by atoms with Gasteiger partial charge in [0.2, 0.25) is 5.88 Å². The van der Waals surface area contributed by atoms with Crippen LogP contribution in [0.4, 0.5) is 0 Å². The number of nitrogens with zero attached hydrogens (tertiary/aromatic N) is 4. The molecule has 8 nitrogen and oxygen atoms in total. The predicted octanol–water partition coefficient (Wildman–Crippen LogP) is 2.22. The summed E-state index contributed by atoms with van der Waals surface area (Å²) in [7, 11) is 0. The molecule has 154 valence electrons. The molecular weight excluding hydrogens is 370 g/mol. The van der Waals surface area contributed by atoms with Gasteiger partial charge in [-0.2, -0.15) is 5.10 Å². The molecule has 1 N–H and O–H groups in total. The quantitative estimate of drug-likeness (QED) is 0.835. The Bertz CT molecular complexity index is 832. The third-order valence-corrected chi connectivity index (χ3v) is 5.71. The highest BCUT2D eigenvalue weighted by atomic mass is 16.5. The van der Waals surface area contributed by atoms with Crippen LogP contribution >= 0.6 is 0 Å². The van der Waals surface area contributed by atoms with Gasteiger partial charge < -0.3 is 14.5 Å². The second kappa shape index (κ2) is 9.07. The van der Waals surface area contributed by atoms with Gasteiger partial charge in [-0.05, 0) is 38.2 Å². The number of hydrogen-bond donors (Lipinski definition) is 1. The number of aromatic amines is 1. The molecule has 0 aliphatic carbocycles. The van der Waals surface area contributed by atoms with Gasteiger partial charge in [0, 0.05) is 44.4 Å². The van der Waals surface area contributed by atoms with Crippen molar-refractivity contribution in [3.8, 4) is 5.88 Å². The van der Waals surface area contributed by atoms with Crippen LogP contribution in [0.5, 0.6) is 5.88 Å². The summed E-state index contributed by atoms with van der Waals surface area (Å²) in [5.74, 6) is 0.505. The lowest BCUT2D eigenvalue weighted by Crippen LogP contribution is -2.42. The standard InChI is InChI=1S/C21H27N5O3/c27-19(15-29-18-8-2-3-9-22-18)26-12-6-7-16(14-26)20-17(13-23-24-20)21(28)25-10-4-1-5-11-25/h2-3,8-9,13,16H,1,4-7,10-12,14-15H2,(H,23,24)/t16-/m0/s1. The molecule has 0 radical (unpaired) electrons. The first-order valence-electron chi connectivity index (χ1n) is 10.4. The van der Waals surface area contributed by atoms with E-state index in [-0.39, 0.29) is 24.3 Å². The Balaban J connectivity index is 1.39. The van der Waals surface area contributed by atoms with E-state index in [1.165, 1.54) is 6.42 Å². The molecule has 2 aliphatic rings. The highest BCUT2D eigenvalue weighted by Gasteiger charge is 2.30. The van der Waals surface area contributed by atoms with Crippen molar-refractivity contribution in [2.45, 2.75) is 38.0 Å². The first-order chi connectivity index (χ1) is 14.2. The van der Waals surface area contributed by atoms with Gasteiger partial charge >= 0.3 is 0 Å². The highest BCUT2D eigenvalue weighted by molar-refractivity contribution is 5.95. The van der Waals surface area contributed by atoms with Gasteiger partial charge in [0.25, 0.3) is 11.8 Å².